The molecular formula is C23H46N2O18P+. The van der Waals surface area contributed by atoms with Crippen LogP contribution >= 0.6 is 7.82 Å². The van der Waals surface area contributed by atoms with Crippen LogP contribution in [0.2, 0.25) is 0 Å². The Bertz CT molecular complexity index is 947. The predicted octanol–water partition coefficient (Wildman–Crippen LogP) is -6.76. The van der Waals surface area contributed by atoms with Crippen LogP contribution in [0.25, 0.3) is 0 Å². The van der Waals surface area contributed by atoms with Gasteiger partial charge in [-0.25, -0.2) is 4.57 Å². The Balaban J connectivity index is 1.56. The quantitative estimate of drug-likeness (QED) is 0.0641. The standard InChI is InChI=1S/C23H45N2O18P/c1-25(2,3)4-5-39-44(35,36)40-8-11-15(28)18(31)20(33)23(43-11)38-7-10-14(27)17(30)19(32)22(42-10)37-6-9-13(26)16(29)12(24)21(34)41-9/h9-23,26-34H,4-8,24H2,1-3H3/p+1/t9-,10-,11-,12-,13-,14-,15-,16-,17+,18+,19+,20+,21+,22+,23+/m1/s1. The van der Waals surface area contributed by atoms with E-state index in [1.54, 1.807) is 0 Å². The second-order valence-corrected chi connectivity index (χ2v) is 13.4. The Morgan fingerprint density at radius 1 is 0.636 bits per heavy atom. The maximum Gasteiger partial charge on any atom is 0.472 e. The molecule has 0 aliphatic carbocycles. The highest BCUT2D eigenvalue weighted by Crippen LogP contribution is 2.43. The van der Waals surface area contributed by atoms with E-state index in [0.717, 1.165) is 0 Å². The fourth-order valence-corrected chi connectivity index (χ4v) is 5.22. The number of aliphatic hydroxyl groups excluding tert-OH is 9. The number of phosphoric ester groups is 1. The van der Waals surface area contributed by atoms with Crippen molar-refractivity contribution in [3.63, 3.8) is 0 Å². The number of aliphatic hydroxyl groups is 9. The smallest absolute Gasteiger partial charge is 0.388 e. The average molecular weight is 670 g/mol. The van der Waals surface area contributed by atoms with Gasteiger partial charge >= 0.3 is 7.82 Å². The van der Waals surface area contributed by atoms with Gasteiger partial charge < -0.3 is 84.8 Å². The maximum absolute atomic E-state index is 12.2. The van der Waals surface area contributed by atoms with Crippen LogP contribution in [-0.4, -0.2) is 202 Å². The number of likely N-dealkylation sites (N-methyl/N-ethyl adjacent to an activating group) is 1. The molecule has 3 heterocycles. The van der Waals surface area contributed by atoms with Gasteiger partial charge in [0.05, 0.1) is 47.0 Å². The Hall–Kier alpha value is -0.530. The molecule has 0 spiro atoms. The normalized spacial score (nSPS) is 45.2. The summed E-state index contributed by atoms with van der Waals surface area (Å²) in [5.74, 6) is 0. The topological polar surface area (TPSA) is 310 Å². The van der Waals surface area contributed by atoms with E-state index < -0.39 is 120 Å². The summed E-state index contributed by atoms with van der Waals surface area (Å²) in [7, 11) is 0.930. The number of rotatable bonds is 13. The third kappa shape index (κ3) is 9.75. The summed E-state index contributed by atoms with van der Waals surface area (Å²) in [6, 6.07) is -1.29. The van der Waals surface area contributed by atoms with Crippen molar-refractivity contribution in [1.29, 1.82) is 0 Å². The molecule has 260 valence electrons. The van der Waals surface area contributed by atoms with Gasteiger partial charge in [0.25, 0.3) is 0 Å². The van der Waals surface area contributed by atoms with Gasteiger partial charge in [0.1, 0.15) is 80.3 Å². The zero-order valence-corrected chi connectivity index (χ0v) is 25.3. The van der Waals surface area contributed by atoms with Crippen LogP contribution < -0.4 is 5.73 Å². The second-order valence-electron chi connectivity index (χ2n) is 11.9. The molecule has 1 unspecified atom stereocenters. The minimum atomic E-state index is -4.59. The lowest BCUT2D eigenvalue weighted by Crippen LogP contribution is -2.63. The molecule has 0 radical (unpaired) electrons. The Morgan fingerprint density at radius 2 is 1.07 bits per heavy atom. The SMILES string of the molecule is C[N+](C)(C)CCOP(=O)(O)OC[C@H]1O[C@H](OC[C@H]2O[C@H](OC[C@H]3O[C@H](O)[C@H](N)[C@@H](O)[C@@H]3O)[C@@H](O)[C@@H](O)[C@@H]2O)[C@@H](O)[C@@H](O)[C@@H]1O. The first-order valence-corrected chi connectivity index (χ1v) is 15.3. The highest BCUT2D eigenvalue weighted by Gasteiger charge is 2.49. The third-order valence-electron chi connectivity index (χ3n) is 7.37. The van der Waals surface area contributed by atoms with Crippen LogP contribution in [0.3, 0.4) is 0 Å². The third-order valence-corrected chi connectivity index (χ3v) is 8.36. The second kappa shape index (κ2) is 15.6. The summed E-state index contributed by atoms with van der Waals surface area (Å²) in [6.45, 7) is -1.72. The van der Waals surface area contributed by atoms with Crippen LogP contribution in [0.15, 0.2) is 0 Å². The Morgan fingerprint density at radius 3 is 1.55 bits per heavy atom. The van der Waals surface area contributed by atoms with Crippen LogP contribution in [-0.2, 0) is 37.3 Å². The molecule has 3 aliphatic heterocycles. The van der Waals surface area contributed by atoms with Gasteiger partial charge in [0, 0.05) is 0 Å². The molecule has 0 amide bonds. The molecule has 0 aromatic rings. The van der Waals surface area contributed by atoms with Gasteiger partial charge in [0.2, 0.25) is 0 Å². The minimum Gasteiger partial charge on any atom is -0.388 e. The molecule has 3 fully saturated rings. The van der Waals surface area contributed by atoms with E-state index in [-0.39, 0.29) is 6.61 Å². The van der Waals surface area contributed by atoms with Crippen molar-refractivity contribution in [2.45, 2.75) is 92.1 Å². The molecular weight excluding hydrogens is 623 g/mol. The largest absolute Gasteiger partial charge is 0.472 e. The van der Waals surface area contributed by atoms with Crippen molar-refractivity contribution in [3.8, 4) is 0 Å². The van der Waals surface area contributed by atoms with Gasteiger partial charge in [-0.3, -0.25) is 9.05 Å². The molecule has 0 bridgehead atoms. The highest BCUT2D eigenvalue weighted by atomic mass is 31.2. The fraction of sp³-hybridized carbons (Fsp3) is 1.00. The van der Waals surface area contributed by atoms with Crippen molar-refractivity contribution in [1.82, 2.24) is 0 Å². The number of ether oxygens (including phenoxy) is 5. The molecule has 20 nitrogen and oxygen atoms in total. The summed E-state index contributed by atoms with van der Waals surface area (Å²) in [5, 5.41) is 91.9. The summed E-state index contributed by atoms with van der Waals surface area (Å²) >= 11 is 0. The van der Waals surface area contributed by atoms with E-state index in [4.69, 9.17) is 38.5 Å². The van der Waals surface area contributed by atoms with E-state index in [1.165, 1.54) is 0 Å². The lowest BCUT2D eigenvalue weighted by atomic mass is 9.97. The molecule has 0 saturated carbocycles. The average Bonchev–Trinajstić information content (AvgIpc) is 2.94. The van der Waals surface area contributed by atoms with E-state index in [2.05, 4.69) is 0 Å². The Labute approximate surface area is 252 Å². The number of hydrogen-bond acceptors (Lipinski definition) is 18. The molecule has 0 aromatic heterocycles. The van der Waals surface area contributed by atoms with E-state index in [0.29, 0.717) is 11.0 Å². The zero-order chi connectivity index (χ0) is 33.1. The number of nitrogens with zero attached hydrogens (tertiary/aromatic N) is 1. The highest BCUT2D eigenvalue weighted by molar-refractivity contribution is 7.47. The molecule has 16 atom stereocenters. The number of nitrogens with two attached hydrogens (primary N) is 1. The van der Waals surface area contributed by atoms with Gasteiger partial charge in [-0.15, -0.1) is 0 Å². The van der Waals surface area contributed by atoms with Gasteiger partial charge in [-0.2, -0.15) is 0 Å². The van der Waals surface area contributed by atoms with E-state index in [9.17, 15) is 55.4 Å². The summed E-state index contributed by atoms with van der Waals surface area (Å²) in [5.41, 5.74) is 5.52. The first kappa shape index (κ1) is 37.9. The molecule has 0 aromatic carbocycles. The lowest BCUT2D eigenvalue weighted by molar-refractivity contribution is -0.870. The molecule has 21 heteroatoms. The van der Waals surface area contributed by atoms with Gasteiger partial charge in [-0.1, -0.05) is 0 Å². The predicted molar refractivity (Wildman–Crippen MR) is 141 cm³/mol. The monoisotopic (exact) mass is 669 g/mol. The maximum atomic E-state index is 12.2. The van der Waals surface area contributed by atoms with E-state index >= 15 is 0 Å². The van der Waals surface area contributed by atoms with Crippen LogP contribution in [0, 0.1) is 0 Å². The van der Waals surface area contributed by atoms with Crippen molar-refractivity contribution < 1.29 is 92.6 Å². The Kier molecular flexibility index (Phi) is 13.4. The van der Waals surface area contributed by atoms with Crippen LogP contribution in [0.4, 0.5) is 0 Å². The minimum absolute atomic E-state index is 0.125. The number of phosphoric acid groups is 1. The molecule has 3 aliphatic rings. The van der Waals surface area contributed by atoms with Gasteiger partial charge in [-0.05, 0) is 0 Å². The summed E-state index contributed by atoms with van der Waals surface area (Å²) in [6.07, 6.45) is -23.3. The fourth-order valence-electron chi connectivity index (χ4n) is 4.50. The summed E-state index contributed by atoms with van der Waals surface area (Å²) in [4.78, 5) is 9.94. The molecule has 3 rings (SSSR count). The first-order chi connectivity index (χ1) is 20.3. The van der Waals surface area contributed by atoms with Crippen LogP contribution in [0.1, 0.15) is 0 Å². The van der Waals surface area contributed by atoms with Crippen molar-refractivity contribution in [2.75, 3.05) is 54.1 Å². The summed E-state index contributed by atoms with van der Waals surface area (Å²) < 4.78 is 49.3. The number of hydrogen-bond donors (Lipinski definition) is 11. The first-order valence-electron chi connectivity index (χ1n) is 13.8. The van der Waals surface area contributed by atoms with Crippen molar-refractivity contribution in [3.05, 3.63) is 0 Å². The number of quaternary nitrogens is 1. The van der Waals surface area contributed by atoms with Crippen molar-refractivity contribution in [2.24, 2.45) is 5.73 Å². The zero-order valence-electron chi connectivity index (χ0n) is 24.4. The van der Waals surface area contributed by atoms with Gasteiger partial charge in [0.15, 0.2) is 18.9 Å². The van der Waals surface area contributed by atoms with Crippen LogP contribution in [0.5, 0.6) is 0 Å². The lowest BCUT2D eigenvalue weighted by Gasteiger charge is -2.43. The van der Waals surface area contributed by atoms with Crippen molar-refractivity contribution >= 4 is 7.82 Å². The molecule has 44 heavy (non-hydrogen) atoms. The molecule has 12 N–H and O–H groups in total. The molecule has 3 saturated heterocycles. The van der Waals surface area contributed by atoms with E-state index in [1.807, 2.05) is 21.1 Å².